The summed E-state index contributed by atoms with van der Waals surface area (Å²) in [6, 6.07) is 2.37. The van der Waals surface area contributed by atoms with E-state index in [1.54, 1.807) is 0 Å². The van der Waals surface area contributed by atoms with Gasteiger partial charge in [0.1, 0.15) is 46.9 Å². The molecule has 0 aliphatic rings. The van der Waals surface area contributed by atoms with Gasteiger partial charge < -0.3 is 9.47 Å². The van der Waals surface area contributed by atoms with Gasteiger partial charge in [0.05, 0.1) is 5.56 Å². The summed E-state index contributed by atoms with van der Waals surface area (Å²) in [7, 11) is 0. The highest BCUT2D eigenvalue weighted by atomic mass is 19.3. The Hall–Kier alpha value is -4.07. The molecule has 0 radical (unpaired) electrons. The molecule has 0 unspecified atom stereocenters. The SMILES string of the molecule is C=CCOc1cc(F)c(C#Cc2cc(F)c(C(F)(F)Oc3cc(F)c(F)c(F)c3)c(F)c2)c(F)c1. The summed E-state index contributed by atoms with van der Waals surface area (Å²) in [4.78, 5) is 0. The molecule has 0 aliphatic carbocycles. The average Bonchev–Trinajstić information content (AvgIpc) is 2.74. The van der Waals surface area contributed by atoms with Crippen LogP contribution in [0.4, 0.5) is 39.5 Å². The third-order valence-electron chi connectivity index (χ3n) is 4.25. The fraction of sp³-hybridized carbons (Fsp3) is 0.0833. The summed E-state index contributed by atoms with van der Waals surface area (Å²) < 4.78 is 134. The van der Waals surface area contributed by atoms with Crippen molar-refractivity contribution >= 4 is 0 Å². The monoisotopic (exact) mass is 502 g/mol. The largest absolute Gasteiger partial charge is 0.489 e. The van der Waals surface area contributed by atoms with Crippen molar-refractivity contribution in [1.82, 2.24) is 0 Å². The number of hydrogen-bond donors (Lipinski definition) is 0. The lowest BCUT2D eigenvalue weighted by Gasteiger charge is -2.19. The molecule has 2 nitrogen and oxygen atoms in total. The summed E-state index contributed by atoms with van der Waals surface area (Å²) in [5, 5.41) is 0. The minimum absolute atomic E-state index is 0.0335. The van der Waals surface area contributed by atoms with Crippen molar-refractivity contribution in [3.63, 3.8) is 0 Å². The molecule has 3 aromatic carbocycles. The predicted molar refractivity (Wildman–Crippen MR) is 105 cm³/mol. The van der Waals surface area contributed by atoms with Crippen LogP contribution in [0.25, 0.3) is 0 Å². The van der Waals surface area contributed by atoms with Crippen LogP contribution in [0.1, 0.15) is 16.7 Å². The number of halogens is 9. The molecular weight excluding hydrogens is 491 g/mol. The van der Waals surface area contributed by atoms with Gasteiger partial charge in [-0.15, -0.1) is 0 Å². The Bertz CT molecular complexity index is 1290. The molecule has 182 valence electrons. The Labute approximate surface area is 192 Å². The lowest BCUT2D eigenvalue weighted by Crippen LogP contribution is -2.25. The van der Waals surface area contributed by atoms with Crippen molar-refractivity contribution in [2.45, 2.75) is 6.11 Å². The van der Waals surface area contributed by atoms with E-state index >= 15 is 0 Å². The van der Waals surface area contributed by atoms with Gasteiger partial charge in [-0.25, -0.2) is 30.7 Å². The maximum atomic E-state index is 14.3. The van der Waals surface area contributed by atoms with Gasteiger partial charge in [0.15, 0.2) is 17.5 Å². The molecule has 35 heavy (non-hydrogen) atoms. The molecule has 0 saturated carbocycles. The van der Waals surface area contributed by atoms with Crippen LogP contribution < -0.4 is 9.47 Å². The van der Waals surface area contributed by atoms with E-state index in [2.05, 4.69) is 11.3 Å². The van der Waals surface area contributed by atoms with Gasteiger partial charge in [0.2, 0.25) is 0 Å². The van der Waals surface area contributed by atoms with Crippen LogP contribution in [-0.2, 0) is 6.11 Å². The maximum Gasteiger partial charge on any atom is 0.432 e. The van der Waals surface area contributed by atoms with Crippen LogP contribution in [0.2, 0.25) is 0 Å². The molecular formula is C24H11F9O2. The van der Waals surface area contributed by atoms with Crippen LogP contribution in [0.5, 0.6) is 11.5 Å². The van der Waals surface area contributed by atoms with Crippen molar-refractivity contribution in [2.24, 2.45) is 0 Å². The number of rotatable bonds is 6. The minimum Gasteiger partial charge on any atom is -0.489 e. The average molecular weight is 502 g/mol. The second-order valence-corrected chi connectivity index (χ2v) is 6.75. The zero-order valence-corrected chi connectivity index (χ0v) is 17.2. The van der Waals surface area contributed by atoms with E-state index in [-0.39, 0.29) is 24.5 Å². The van der Waals surface area contributed by atoms with Gasteiger partial charge in [0, 0.05) is 29.8 Å². The van der Waals surface area contributed by atoms with E-state index in [1.807, 2.05) is 11.8 Å². The molecule has 0 heterocycles. The number of ether oxygens (including phenoxy) is 2. The first kappa shape index (κ1) is 25.6. The Morgan fingerprint density at radius 1 is 0.714 bits per heavy atom. The molecule has 0 atom stereocenters. The summed E-state index contributed by atoms with van der Waals surface area (Å²) in [5.41, 5.74) is -3.31. The first-order valence-corrected chi connectivity index (χ1v) is 9.38. The molecule has 11 heteroatoms. The molecule has 0 aliphatic heterocycles. The first-order chi connectivity index (χ1) is 16.4. The zero-order chi connectivity index (χ0) is 25.9. The highest BCUT2D eigenvalue weighted by Crippen LogP contribution is 2.36. The van der Waals surface area contributed by atoms with E-state index < -0.39 is 69.3 Å². The lowest BCUT2D eigenvalue weighted by atomic mass is 10.1. The van der Waals surface area contributed by atoms with Gasteiger partial charge in [-0.3, -0.25) is 0 Å². The van der Waals surface area contributed by atoms with Crippen LogP contribution in [0.3, 0.4) is 0 Å². The highest BCUT2D eigenvalue weighted by molar-refractivity contribution is 5.47. The molecule has 0 bridgehead atoms. The van der Waals surface area contributed by atoms with Crippen molar-refractivity contribution in [3.8, 4) is 23.3 Å². The molecule has 3 rings (SSSR count). The van der Waals surface area contributed by atoms with Gasteiger partial charge in [-0.05, 0) is 12.1 Å². The molecule has 0 saturated heterocycles. The van der Waals surface area contributed by atoms with E-state index in [4.69, 9.17) is 4.74 Å². The summed E-state index contributed by atoms with van der Waals surface area (Å²) in [6.45, 7) is 3.34. The molecule has 0 aromatic heterocycles. The third kappa shape index (κ3) is 5.71. The molecule has 3 aromatic rings. The van der Waals surface area contributed by atoms with Crippen molar-refractivity contribution < 1.29 is 49.0 Å². The van der Waals surface area contributed by atoms with Gasteiger partial charge in [-0.1, -0.05) is 24.5 Å². The predicted octanol–water partition coefficient (Wildman–Crippen LogP) is 6.75. The van der Waals surface area contributed by atoms with Crippen LogP contribution in [0.15, 0.2) is 49.1 Å². The number of benzene rings is 3. The van der Waals surface area contributed by atoms with E-state index in [1.165, 1.54) is 6.08 Å². The maximum absolute atomic E-state index is 14.3. The summed E-state index contributed by atoms with van der Waals surface area (Å²) in [6.07, 6.45) is -3.46. The molecule has 0 fully saturated rings. The zero-order valence-electron chi connectivity index (χ0n) is 17.2. The Morgan fingerprint density at radius 2 is 1.23 bits per heavy atom. The van der Waals surface area contributed by atoms with Crippen molar-refractivity contribution in [3.05, 3.63) is 106 Å². The summed E-state index contributed by atoms with van der Waals surface area (Å²) >= 11 is 0. The lowest BCUT2D eigenvalue weighted by molar-refractivity contribution is -0.189. The van der Waals surface area contributed by atoms with E-state index in [0.29, 0.717) is 12.1 Å². The van der Waals surface area contributed by atoms with Crippen molar-refractivity contribution in [1.29, 1.82) is 0 Å². The highest BCUT2D eigenvalue weighted by Gasteiger charge is 2.41. The fourth-order valence-electron chi connectivity index (χ4n) is 2.76. The Kier molecular flexibility index (Phi) is 7.34. The minimum atomic E-state index is -4.80. The first-order valence-electron chi connectivity index (χ1n) is 9.38. The van der Waals surface area contributed by atoms with Crippen LogP contribution in [-0.4, -0.2) is 6.61 Å². The van der Waals surface area contributed by atoms with Gasteiger partial charge in [0.25, 0.3) is 0 Å². The fourth-order valence-corrected chi connectivity index (χ4v) is 2.76. The number of alkyl halides is 2. The topological polar surface area (TPSA) is 18.5 Å². The Morgan fingerprint density at radius 3 is 1.74 bits per heavy atom. The van der Waals surface area contributed by atoms with Gasteiger partial charge >= 0.3 is 6.11 Å². The van der Waals surface area contributed by atoms with E-state index in [0.717, 1.165) is 12.1 Å². The Balaban J connectivity index is 1.91. The van der Waals surface area contributed by atoms with Gasteiger partial charge in [-0.2, -0.15) is 8.78 Å². The normalized spacial score (nSPS) is 11.0. The molecule has 0 amide bonds. The molecule has 0 spiro atoms. The third-order valence-corrected chi connectivity index (χ3v) is 4.25. The standard InChI is InChI=1S/C24H11F9O2/c1-2-5-34-13-8-16(25)15(17(26)9-13)4-3-12-6-18(27)22(19(28)7-12)24(32,33)35-14-10-20(29)23(31)21(30)11-14/h2,6-11H,1,5H2. The second kappa shape index (κ2) is 10.0. The van der Waals surface area contributed by atoms with Crippen molar-refractivity contribution in [2.75, 3.05) is 6.61 Å². The number of hydrogen-bond acceptors (Lipinski definition) is 2. The smallest absolute Gasteiger partial charge is 0.432 e. The van der Waals surface area contributed by atoms with Crippen LogP contribution in [0, 0.1) is 52.6 Å². The summed E-state index contributed by atoms with van der Waals surface area (Å²) in [5.74, 6) is -9.19. The second-order valence-electron chi connectivity index (χ2n) is 6.75. The van der Waals surface area contributed by atoms with E-state index in [9.17, 15) is 39.5 Å². The molecule has 0 N–H and O–H groups in total. The van der Waals surface area contributed by atoms with Crippen LogP contribution >= 0.6 is 0 Å². The quantitative estimate of drug-likeness (QED) is 0.161.